The molecule has 0 saturated carbocycles. The first kappa shape index (κ1) is 12.3. The fourth-order valence-electron chi connectivity index (χ4n) is 1.29. The standard InChI is InChI=1S/C14H9BrN2O/c15-13-5-1-12(2-6-13)10-17-18-14-7-3-11(9-16)4-8-14/h1-8,10H/b17-10+. The highest BCUT2D eigenvalue weighted by atomic mass is 79.9. The molecular formula is C14H9BrN2O. The van der Waals surface area contributed by atoms with Crippen LogP contribution in [0.4, 0.5) is 0 Å². The summed E-state index contributed by atoms with van der Waals surface area (Å²) in [6.07, 6.45) is 1.63. The Labute approximate surface area is 113 Å². The van der Waals surface area contributed by atoms with Crippen molar-refractivity contribution in [1.82, 2.24) is 0 Å². The summed E-state index contributed by atoms with van der Waals surface area (Å²) in [7, 11) is 0. The first-order valence-corrected chi connectivity index (χ1v) is 6.03. The molecule has 2 rings (SSSR count). The van der Waals surface area contributed by atoms with Gasteiger partial charge in [0.15, 0.2) is 5.75 Å². The van der Waals surface area contributed by atoms with Crippen molar-refractivity contribution in [1.29, 1.82) is 5.26 Å². The number of rotatable bonds is 3. The number of nitrogens with zero attached hydrogens (tertiary/aromatic N) is 2. The largest absolute Gasteiger partial charge is 0.357 e. The van der Waals surface area contributed by atoms with Crippen LogP contribution in [0.5, 0.6) is 5.75 Å². The Bertz CT molecular complexity index is 583. The van der Waals surface area contributed by atoms with E-state index in [9.17, 15) is 0 Å². The number of halogens is 1. The Kier molecular flexibility index (Phi) is 4.11. The van der Waals surface area contributed by atoms with Crippen LogP contribution in [0.2, 0.25) is 0 Å². The lowest BCUT2D eigenvalue weighted by atomic mass is 10.2. The van der Waals surface area contributed by atoms with Crippen molar-refractivity contribution in [3.05, 3.63) is 64.1 Å². The molecule has 3 nitrogen and oxygen atoms in total. The van der Waals surface area contributed by atoms with Gasteiger partial charge in [-0.3, -0.25) is 0 Å². The molecule has 0 spiro atoms. The summed E-state index contributed by atoms with van der Waals surface area (Å²) >= 11 is 3.36. The summed E-state index contributed by atoms with van der Waals surface area (Å²) in [6.45, 7) is 0. The Hall–Kier alpha value is -2.12. The number of nitriles is 1. The molecule has 0 aliphatic carbocycles. The summed E-state index contributed by atoms with van der Waals surface area (Å²) in [5, 5.41) is 12.5. The minimum Gasteiger partial charge on any atom is -0.357 e. The highest BCUT2D eigenvalue weighted by molar-refractivity contribution is 9.10. The molecule has 0 aliphatic rings. The predicted octanol–water partition coefficient (Wildman–Crippen LogP) is 3.73. The van der Waals surface area contributed by atoms with E-state index in [0.717, 1.165) is 10.0 Å². The summed E-state index contributed by atoms with van der Waals surface area (Å²) in [4.78, 5) is 5.19. The first-order chi connectivity index (χ1) is 8.78. The van der Waals surface area contributed by atoms with Crippen LogP contribution in [0.3, 0.4) is 0 Å². The SMILES string of the molecule is N#Cc1ccc(O/N=C/c2ccc(Br)cc2)cc1. The fourth-order valence-corrected chi connectivity index (χ4v) is 1.55. The van der Waals surface area contributed by atoms with E-state index < -0.39 is 0 Å². The molecular weight excluding hydrogens is 292 g/mol. The van der Waals surface area contributed by atoms with Crippen molar-refractivity contribution in [3.8, 4) is 11.8 Å². The van der Waals surface area contributed by atoms with Crippen LogP contribution in [-0.4, -0.2) is 6.21 Å². The highest BCUT2D eigenvalue weighted by Crippen LogP contribution is 2.12. The maximum absolute atomic E-state index is 8.65. The van der Waals surface area contributed by atoms with Gasteiger partial charge in [0, 0.05) is 4.47 Å². The average Bonchev–Trinajstić information content (AvgIpc) is 2.42. The summed E-state index contributed by atoms with van der Waals surface area (Å²) in [6, 6.07) is 16.5. The van der Waals surface area contributed by atoms with Crippen LogP contribution >= 0.6 is 15.9 Å². The average molecular weight is 301 g/mol. The minimum absolute atomic E-state index is 0.597. The quantitative estimate of drug-likeness (QED) is 0.640. The normalized spacial score (nSPS) is 10.2. The molecule has 0 aromatic heterocycles. The zero-order valence-corrected chi connectivity index (χ0v) is 11.0. The van der Waals surface area contributed by atoms with Gasteiger partial charge in [0.25, 0.3) is 0 Å². The molecule has 0 bridgehead atoms. The van der Waals surface area contributed by atoms with Gasteiger partial charge in [-0.2, -0.15) is 5.26 Å². The van der Waals surface area contributed by atoms with Gasteiger partial charge in [-0.05, 0) is 42.0 Å². The lowest BCUT2D eigenvalue weighted by Crippen LogP contribution is -1.86. The van der Waals surface area contributed by atoms with Gasteiger partial charge in [0.2, 0.25) is 0 Å². The predicted molar refractivity (Wildman–Crippen MR) is 73.5 cm³/mol. The van der Waals surface area contributed by atoms with E-state index in [2.05, 4.69) is 21.1 Å². The molecule has 18 heavy (non-hydrogen) atoms. The Morgan fingerprint density at radius 1 is 1.06 bits per heavy atom. The molecule has 0 saturated heterocycles. The van der Waals surface area contributed by atoms with Gasteiger partial charge in [-0.1, -0.05) is 33.2 Å². The van der Waals surface area contributed by atoms with Crippen LogP contribution in [0.15, 0.2) is 58.2 Å². The summed E-state index contributed by atoms with van der Waals surface area (Å²) < 4.78 is 1.02. The molecule has 0 amide bonds. The van der Waals surface area contributed by atoms with Gasteiger partial charge in [0.05, 0.1) is 17.8 Å². The fraction of sp³-hybridized carbons (Fsp3) is 0. The third-order valence-electron chi connectivity index (χ3n) is 2.21. The first-order valence-electron chi connectivity index (χ1n) is 5.24. The lowest BCUT2D eigenvalue weighted by Gasteiger charge is -1.97. The van der Waals surface area contributed by atoms with Gasteiger partial charge in [-0.25, -0.2) is 0 Å². The smallest absolute Gasteiger partial charge is 0.158 e. The highest BCUT2D eigenvalue weighted by Gasteiger charge is 1.93. The van der Waals surface area contributed by atoms with Crippen LogP contribution in [-0.2, 0) is 0 Å². The lowest BCUT2D eigenvalue weighted by molar-refractivity contribution is 0.344. The van der Waals surface area contributed by atoms with Crippen molar-refractivity contribution in [2.45, 2.75) is 0 Å². The molecule has 0 radical (unpaired) electrons. The van der Waals surface area contributed by atoms with Crippen molar-refractivity contribution in [2.24, 2.45) is 5.16 Å². The molecule has 0 fully saturated rings. The van der Waals surface area contributed by atoms with E-state index in [1.54, 1.807) is 30.5 Å². The van der Waals surface area contributed by atoms with Crippen molar-refractivity contribution >= 4 is 22.1 Å². The van der Waals surface area contributed by atoms with E-state index in [4.69, 9.17) is 10.1 Å². The van der Waals surface area contributed by atoms with Crippen molar-refractivity contribution < 1.29 is 4.84 Å². The molecule has 4 heteroatoms. The molecule has 2 aromatic carbocycles. The summed E-state index contributed by atoms with van der Waals surface area (Å²) in [5.41, 5.74) is 1.55. The van der Waals surface area contributed by atoms with Crippen LogP contribution in [0.1, 0.15) is 11.1 Å². The van der Waals surface area contributed by atoms with Crippen LogP contribution < -0.4 is 4.84 Å². The second kappa shape index (κ2) is 5.99. The molecule has 88 valence electrons. The minimum atomic E-state index is 0.597. The van der Waals surface area contributed by atoms with Gasteiger partial charge in [-0.15, -0.1) is 0 Å². The zero-order valence-electron chi connectivity index (χ0n) is 9.38. The molecule has 0 aliphatic heterocycles. The Morgan fingerprint density at radius 3 is 2.33 bits per heavy atom. The molecule has 0 atom stereocenters. The topological polar surface area (TPSA) is 45.4 Å². The zero-order chi connectivity index (χ0) is 12.8. The van der Waals surface area contributed by atoms with E-state index >= 15 is 0 Å². The van der Waals surface area contributed by atoms with Gasteiger partial charge >= 0.3 is 0 Å². The third kappa shape index (κ3) is 3.44. The number of benzene rings is 2. The van der Waals surface area contributed by atoms with Crippen molar-refractivity contribution in [3.63, 3.8) is 0 Å². The number of hydrogen-bond donors (Lipinski definition) is 0. The molecule has 0 heterocycles. The van der Waals surface area contributed by atoms with Gasteiger partial charge in [0.1, 0.15) is 0 Å². The van der Waals surface area contributed by atoms with Crippen molar-refractivity contribution in [2.75, 3.05) is 0 Å². The van der Waals surface area contributed by atoms with E-state index in [0.29, 0.717) is 11.3 Å². The number of hydrogen-bond acceptors (Lipinski definition) is 3. The van der Waals surface area contributed by atoms with Gasteiger partial charge < -0.3 is 4.84 Å². The van der Waals surface area contributed by atoms with E-state index in [1.165, 1.54) is 0 Å². The monoisotopic (exact) mass is 300 g/mol. The second-order valence-electron chi connectivity index (χ2n) is 3.51. The Morgan fingerprint density at radius 2 is 1.72 bits per heavy atom. The van der Waals surface area contributed by atoms with Crippen LogP contribution in [0, 0.1) is 11.3 Å². The molecule has 2 aromatic rings. The number of oxime groups is 1. The molecule has 0 N–H and O–H groups in total. The maximum atomic E-state index is 8.65. The third-order valence-corrected chi connectivity index (χ3v) is 2.74. The molecule has 0 unspecified atom stereocenters. The van der Waals surface area contributed by atoms with E-state index in [1.807, 2.05) is 30.3 Å². The maximum Gasteiger partial charge on any atom is 0.158 e. The van der Waals surface area contributed by atoms with Crippen LogP contribution in [0.25, 0.3) is 0 Å². The second-order valence-corrected chi connectivity index (χ2v) is 4.43. The Balaban J connectivity index is 1.98. The summed E-state index contributed by atoms with van der Waals surface area (Å²) in [5.74, 6) is 0.599. The van der Waals surface area contributed by atoms with E-state index in [-0.39, 0.29) is 0 Å².